The zero-order chi connectivity index (χ0) is 16.1. The van der Waals surface area contributed by atoms with Crippen LogP contribution >= 0.6 is 0 Å². The van der Waals surface area contributed by atoms with Crippen molar-refractivity contribution in [2.75, 3.05) is 18.1 Å². The number of hydrogen-bond acceptors (Lipinski definition) is 3. The van der Waals surface area contributed by atoms with E-state index in [1.807, 2.05) is 31.2 Å². The molecule has 0 N–H and O–H groups in total. The smallest absolute Gasteiger partial charge is 0.330 e. The van der Waals surface area contributed by atoms with Crippen molar-refractivity contribution in [3.8, 4) is 0 Å². The standard InChI is InChI=1S/C20H21NO2/c1-2-23-20(22)12-11-17-8-5-6-10-19(17)21-14-13-16-7-3-4-9-18(16)15-21/h3-12H,2,13-15H2,1H3/b12-11+. The minimum Gasteiger partial charge on any atom is -0.463 e. The highest BCUT2D eigenvalue weighted by Crippen LogP contribution is 2.28. The van der Waals surface area contributed by atoms with Crippen molar-refractivity contribution < 1.29 is 9.53 Å². The van der Waals surface area contributed by atoms with Crippen LogP contribution in [0.3, 0.4) is 0 Å². The number of nitrogens with zero attached hydrogens (tertiary/aromatic N) is 1. The van der Waals surface area contributed by atoms with Crippen LogP contribution in [-0.4, -0.2) is 19.1 Å². The molecule has 1 aliphatic rings. The van der Waals surface area contributed by atoms with Crippen LogP contribution in [0.2, 0.25) is 0 Å². The van der Waals surface area contributed by atoms with Crippen molar-refractivity contribution in [2.24, 2.45) is 0 Å². The summed E-state index contributed by atoms with van der Waals surface area (Å²) in [5.41, 5.74) is 5.01. The predicted octanol–water partition coefficient (Wildman–Crippen LogP) is 3.83. The molecule has 0 amide bonds. The molecule has 0 fully saturated rings. The van der Waals surface area contributed by atoms with Gasteiger partial charge in [0.15, 0.2) is 0 Å². The summed E-state index contributed by atoms with van der Waals surface area (Å²) in [7, 11) is 0. The van der Waals surface area contributed by atoms with Gasteiger partial charge in [0.05, 0.1) is 6.61 Å². The van der Waals surface area contributed by atoms with E-state index in [0.29, 0.717) is 6.61 Å². The molecule has 0 radical (unpaired) electrons. The van der Waals surface area contributed by atoms with Crippen molar-refractivity contribution in [1.29, 1.82) is 0 Å². The zero-order valence-corrected chi connectivity index (χ0v) is 13.4. The monoisotopic (exact) mass is 307 g/mol. The summed E-state index contributed by atoms with van der Waals surface area (Å²) in [5, 5.41) is 0. The van der Waals surface area contributed by atoms with Crippen LogP contribution in [0.5, 0.6) is 0 Å². The summed E-state index contributed by atoms with van der Waals surface area (Å²) in [6.07, 6.45) is 4.39. The molecule has 3 rings (SSSR count). The van der Waals surface area contributed by atoms with Crippen LogP contribution in [0, 0.1) is 0 Å². The van der Waals surface area contributed by atoms with Gasteiger partial charge in [0.25, 0.3) is 0 Å². The van der Waals surface area contributed by atoms with Gasteiger partial charge in [0, 0.05) is 24.9 Å². The molecule has 3 nitrogen and oxygen atoms in total. The number of esters is 1. The van der Waals surface area contributed by atoms with E-state index >= 15 is 0 Å². The van der Waals surface area contributed by atoms with Crippen molar-refractivity contribution in [1.82, 2.24) is 0 Å². The Morgan fingerprint density at radius 2 is 1.87 bits per heavy atom. The van der Waals surface area contributed by atoms with Gasteiger partial charge in [-0.3, -0.25) is 0 Å². The maximum atomic E-state index is 11.5. The molecule has 0 spiro atoms. The Balaban J connectivity index is 1.83. The van der Waals surface area contributed by atoms with Crippen LogP contribution < -0.4 is 4.90 Å². The molecule has 2 aromatic rings. The van der Waals surface area contributed by atoms with Gasteiger partial charge in [0.1, 0.15) is 0 Å². The zero-order valence-electron chi connectivity index (χ0n) is 13.4. The first-order chi connectivity index (χ1) is 11.3. The Bertz CT molecular complexity index is 721. The Kier molecular flexibility index (Phi) is 4.77. The van der Waals surface area contributed by atoms with Crippen molar-refractivity contribution >= 4 is 17.7 Å². The summed E-state index contributed by atoms with van der Waals surface area (Å²) in [6.45, 7) is 4.10. The highest BCUT2D eigenvalue weighted by Gasteiger charge is 2.17. The van der Waals surface area contributed by atoms with Gasteiger partial charge in [-0.2, -0.15) is 0 Å². The minimum absolute atomic E-state index is 0.300. The van der Waals surface area contributed by atoms with Gasteiger partial charge in [-0.25, -0.2) is 4.79 Å². The van der Waals surface area contributed by atoms with Crippen LogP contribution in [0.15, 0.2) is 54.6 Å². The lowest BCUT2D eigenvalue weighted by molar-refractivity contribution is -0.137. The van der Waals surface area contributed by atoms with Crippen molar-refractivity contribution in [3.63, 3.8) is 0 Å². The fourth-order valence-corrected chi connectivity index (χ4v) is 2.97. The Labute approximate surface area is 137 Å². The molecule has 23 heavy (non-hydrogen) atoms. The average Bonchev–Trinajstić information content (AvgIpc) is 2.60. The summed E-state index contributed by atoms with van der Waals surface area (Å²) in [5.74, 6) is -0.300. The molecule has 118 valence electrons. The summed E-state index contributed by atoms with van der Waals surface area (Å²) < 4.78 is 4.96. The second-order valence-electron chi connectivity index (χ2n) is 5.58. The fourth-order valence-electron chi connectivity index (χ4n) is 2.97. The summed E-state index contributed by atoms with van der Waals surface area (Å²) >= 11 is 0. The molecule has 2 aromatic carbocycles. The molecule has 1 heterocycles. The van der Waals surface area contributed by atoms with E-state index in [4.69, 9.17) is 4.74 Å². The molecule has 0 aliphatic carbocycles. The van der Waals surface area contributed by atoms with Crippen LogP contribution in [0.25, 0.3) is 6.08 Å². The molecule has 0 bridgehead atoms. The van der Waals surface area contributed by atoms with Gasteiger partial charge in [-0.1, -0.05) is 42.5 Å². The third-order valence-electron chi connectivity index (χ3n) is 4.09. The molecule has 0 unspecified atom stereocenters. The molecular formula is C20H21NO2. The lowest BCUT2D eigenvalue weighted by Gasteiger charge is -2.31. The first-order valence-electron chi connectivity index (χ1n) is 8.03. The molecule has 0 atom stereocenters. The summed E-state index contributed by atoms with van der Waals surface area (Å²) in [4.78, 5) is 13.9. The number of benzene rings is 2. The molecule has 0 saturated heterocycles. The number of rotatable bonds is 4. The molecule has 0 aromatic heterocycles. The highest BCUT2D eigenvalue weighted by atomic mass is 16.5. The van der Waals surface area contributed by atoms with E-state index in [1.165, 1.54) is 17.2 Å². The normalized spacial score (nSPS) is 13.9. The van der Waals surface area contributed by atoms with Gasteiger partial charge in [-0.05, 0) is 42.2 Å². The van der Waals surface area contributed by atoms with Crippen molar-refractivity contribution in [3.05, 3.63) is 71.3 Å². The van der Waals surface area contributed by atoms with E-state index in [-0.39, 0.29) is 5.97 Å². The second kappa shape index (κ2) is 7.14. The molecule has 3 heteroatoms. The summed E-state index contributed by atoms with van der Waals surface area (Å²) in [6, 6.07) is 16.8. The Morgan fingerprint density at radius 3 is 2.70 bits per heavy atom. The van der Waals surface area contributed by atoms with E-state index in [9.17, 15) is 4.79 Å². The Morgan fingerprint density at radius 1 is 1.13 bits per heavy atom. The van der Waals surface area contributed by atoms with Gasteiger partial charge in [0.2, 0.25) is 0 Å². The third-order valence-corrected chi connectivity index (χ3v) is 4.09. The number of ether oxygens (including phenoxy) is 1. The van der Waals surface area contributed by atoms with Crippen LogP contribution in [-0.2, 0) is 22.5 Å². The topological polar surface area (TPSA) is 29.5 Å². The number of para-hydroxylation sites is 1. The fraction of sp³-hybridized carbons (Fsp3) is 0.250. The number of hydrogen-bond donors (Lipinski definition) is 0. The number of anilines is 1. The molecular weight excluding hydrogens is 286 g/mol. The second-order valence-corrected chi connectivity index (χ2v) is 5.58. The van der Waals surface area contributed by atoms with Gasteiger partial charge < -0.3 is 9.64 Å². The number of carbonyl (C=O) groups excluding carboxylic acids is 1. The lowest BCUT2D eigenvalue weighted by Crippen LogP contribution is -2.30. The quantitative estimate of drug-likeness (QED) is 0.635. The van der Waals surface area contributed by atoms with E-state index in [0.717, 1.165) is 30.8 Å². The average molecular weight is 307 g/mol. The maximum Gasteiger partial charge on any atom is 0.330 e. The van der Waals surface area contributed by atoms with Gasteiger partial charge in [-0.15, -0.1) is 0 Å². The van der Waals surface area contributed by atoms with E-state index < -0.39 is 0 Å². The molecule has 0 saturated carbocycles. The number of carbonyl (C=O) groups is 1. The Hall–Kier alpha value is -2.55. The van der Waals surface area contributed by atoms with E-state index in [1.54, 1.807) is 0 Å². The highest BCUT2D eigenvalue weighted by molar-refractivity contribution is 5.88. The van der Waals surface area contributed by atoms with E-state index in [2.05, 4.69) is 35.2 Å². The molecule has 1 aliphatic heterocycles. The minimum atomic E-state index is -0.300. The van der Waals surface area contributed by atoms with Crippen LogP contribution in [0.4, 0.5) is 5.69 Å². The predicted molar refractivity (Wildman–Crippen MR) is 93.3 cm³/mol. The van der Waals surface area contributed by atoms with Crippen LogP contribution in [0.1, 0.15) is 23.6 Å². The number of fused-ring (bicyclic) bond motifs is 1. The SMILES string of the molecule is CCOC(=O)/C=C/c1ccccc1N1CCc2ccccc2C1. The van der Waals surface area contributed by atoms with Gasteiger partial charge >= 0.3 is 5.97 Å². The third kappa shape index (κ3) is 3.62. The largest absolute Gasteiger partial charge is 0.463 e. The first kappa shape index (κ1) is 15.3. The maximum absolute atomic E-state index is 11.5. The lowest BCUT2D eigenvalue weighted by atomic mass is 9.98. The first-order valence-corrected chi connectivity index (χ1v) is 8.03. The van der Waals surface area contributed by atoms with Crippen molar-refractivity contribution in [2.45, 2.75) is 19.9 Å².